The van der Waals surface area contributed by atoms with Crippen LogP contribution in [0.3, 0.4) is 0 Å². The van der Waals surface area contributed by atoms with E-state index in [4.69, 9.17) is 4.74 Å². The van der Waals surface area contributed by atoms with Gasteiger partial charge in [0.2, 0.25) is 0 Å². The Labute approximate surface area is 84.1 Å². The summed E-state index contributed by atoms with van der Waals surface area (Å²) in [5.41, 5.74) is 0. The molecule has 1 rings (SSSR count). The molecule has 0 radical (unpaired) electrons. The van der Waals surface area contributed by atoms with Crippen LogP contribution in [0.15, 0.2) is 12.2 Å². The van der Waals surface area contributed by atoms with Crippen LogP contribution in [-0.4, -0.2) is 26.3 Å². The number of rotatable bonds is 4. The molecule has 0 spiro atoms. The molecule has 0 aliphatic heterocycles. The lowest BCUT2D eigenvalue weighted by atomic mass is 10.4. The minimum Gasteiger partial charge on any atom is -0.459 e. The first-order chi connectivity index (χ1) is 6.83. The first-order valence-corrected chi connectivity index (χ1v) is 4.64. The predicted molar refractivity (Wildman–Crippen MR) is 52.5 cm³/mol. The van der Waals surface area contributed by atoms with Crippen molar-refractivity contribution in [2.45, 2.75) is 12.8 Å². The fourth-order valence-corrected chi connectivity index (χ4v) is 0.874. The van der Waals surface area contributed by atoms with Crippen LogP contribution in [0.1, 0.15) is 12.8 Å². The molecule has 0 saturated heterocycles. The van der Waals surface area contributed by atoms with Gasteiger partial charge in [-0.1, -0.05) is 18.1 Å². The lowest BCUT2D eigenvalue weighted by Gasteiger charge is -1.91. The van der Waals surface area contributed by atoms with Gasteiger partial charge in [-0.25, -0.2) is 4.79 Å². The molecule has 0 bridgehead atoms. The summed E-state index contributed by atoms with van der Waals surface area (Å²) >= 11 is 0. The van der Waals surface area contributed by atoms with Crippen molar-refractivity contribution in [2.24, 2.45) is 5.92 Å². The topological polar surface area (TPSA) is 35.5 Å². The Morgan fingerprint density at radius 2 is 2.36 bits per heavy atom. The Hall–Kier alpha value is -1.27. The first-order valence-electron chi connectivity index (χ1n) is 4.64. The second kappa shape index (κ2) is 6.22. The van der Waals surface area contributed by atoms with E-state index in [-0.39, 0.29) is 6.61 Å². The Balaban J connectivity index is 1.96. The highest BCUT2D eigenvalue weighted by Gasteiger charge is 2.16. The Bertz CT molecular complexity index is 266. The van der Waals surface area contributed by atoms with E-state index in [1.165, 1.54) is 20.0 Å². The number of carbonyl (C=O) groups is 1. The largest absolute Gasteiger partial charge is 0.459 e. The molecule has 14 heavy (non-hydrogen) atoms. The van der Waals surface area contributed by atoms with Crippen molar-refractivity contribution in [2.75, 3.05) is 20.3 Å². The van der Waals surface area contributed by atoms with E-state index in [9.17, 15) is 4.79 Å². The SMILES string of the molecule is COC(=O)C#CCOC/C=C/C1CC1. The number of hydrogen-bond donors (Lipinski definition) is 0. The molecule has 3 nitrogen and oxygen atoms in total. The second-order valence-electron chi connectivity index (χ2n) is 3.07. The molecular weight excluding hydrogens is 180 g/mol. The number of hydrogen-bond acceptors (Lipinski definition) is 3. The van der Waals surface area contributed by atoms with Gasteiger partial charge in [-0.15, -0.1) is 0 Å². The van der Waals surface area contributed by atoms with Crippen molar-refractivity contribution >= 4 is 5.97 Å². The van der Waals surface area contributed by atoms with Gasteiger partial charge in [0.1, 0.15) is 6.61 Å². The zero-order chi connectivity index (χ0) is 10.2. The van der Waals surface area contributed by atoms with E-state index >= 15 is 0 Å². The second-order valence-corrected chi connectivity index (χ2v) is 3.07. The van der Waals surface area contributed by atoms with Crippen LogP contribution in [0.4, 0.5) is 0 Å². The van der Waals surface area contributed by atoms with Gasteiger partial charge in [-0.2, -0.15) is 0 Å². The lowest BCUT2D eigenvalue weighted by molar-refractivity contribution is -0.133. The minimum atomic E-state index is -0.526. The number of ether oxygens (including phenoxy) is 2. The van der Waals surface area contributed by atoms with Crippen LogP contribution >= 0.6 is 0 Å². The van der Waals surface area contributed by atoms with Crippen LogP contribution < -0.4 is 0 Å². The van der Waals surface area contributed by atoms with E-state index in [0.717, 1.165) is 5.92 Å². The number of esters is 1. The highest BCUT2D eigenvalue weighted by atomic mass is 16.5. The summed E-state index contributed by atoms with van der Waals surface area (Å²) < 4.78 is 9.47. The van der Waals surface area contributed by atoms with Gasteiger partial charge < -0.3 is 9.47 Å². The van der Waals surface area contributed by atoms with Crippen molar-refractivity contribution in [1.29, 1.82) is 0 Å². The molecule has 1 aliphatic rings. The van der Waals surface area contributed by atoms with Gasteiger partial charge in [-0.3, -0.25) is 0 Å². The van der Waals surface area contributed by atoms with Crippen molar-refractivity contribution < 1.29 is 14.3 Å². The summed E-state index contributed by atoms with van der Waals surface area (Å²) in [4.78, 5) is 10.5. The van der Waals surface area contributed by atoms with Gasteiger partial charge in [0.05, 0.1) is 13.7 Å². The molecule has 0 atom stereocenters. The summed E-state index contributed by atoms with van der Waals surface area (Å²) in [6.45, 7) is 0.830. The standard InChI is InChI=1S/C11H14O3/c1-13-11(12)5-3-9-14-8-2-4-10-6-7-10/h2,4,10H,6-9H2,1H3/b4-2+. The zero-order valence-corrected chi connectivity index (χ0v) is 8.29. The third-order valence-corrected chi connectivity index (χ3v) is 1.79. The molecule has 3 heteroatoms. The average Bonchev–Trinajstić information content (AvgIpc) is 2.99. The number of methoxy groups -OCH3 is 1. The summed E-state index contributed by atoms with van der Waals surface area (Å²) in [7, 11) is 1.30. The molecular formula is C11H14O3. The maximum atomic E-state index is 10.5. The fraction of sp³-hybridized carbons (Fsp3) is 0.545. The monoisotopic (exact) mass is 194 g/mol. The van der Waals surface area contributed by atoms with Crippen molar-refractivity contribution in [1.82, 2.24) is 0 Å². The van der Waals surface area contributed by atoms with E-state index in [1.807, 2.05) is 6.08 Å². The maximum absolute atomic E-state index is 10.5. The maximum Gasteiger partial charge on any atom is 0.384 e. The molecule has 1 saturated carbocycles. The van der Waals surface area contributed by atoms with Gasteiger partial charge in [-0.05, 0) is 18.8 Å². The summed E-state index contributed by atoms with van der Waals surface area (Å²) in [6, 6.07) is 0. The van der Waals surface area contributed by atoms with Crippen LogP contribution in [0.2, 0.25) is 0 Å². The molecule has 0 aromatic heterocycles. The average molecular weight is 194 g/mol. The summed E-state index contributed by atoms with van der Waals surface area (Å²) in [6.07, 6.45) is 6.77. The van der Waals surface area contributed by atoms with E-state index in [2.05, 4.69) is 22.7 Å². The Morgan fingerprint density at radius 1 is 1.57 bits per heavy atom. The third-order valence-electron chi connectivity index (χ3n) is 1.79. The first kappa shape index (κ1) is 10.8. The van der Waals surface area contributed by atoms with E-state index in [0.29, 0.717) is 6.61 Å². The van der Waals surface area contributed by atoms with Gasteiger partial charge in [0.15, 0.2) is 0 Å². The smallest absolute Gasteiger partial charge is 0.384 e. The summed E-state index contributed by atoms with van der Waals surface area (Å²) in [5.74, 6) is 5.10. The Kier molecular flexibility index (Phi) is 4.81. The lowest BCUT2D eigenvalue weighted by Crippen LogP contribution is -1.96. The van der Waals surface area contributed by atoms with Crippen molar-refractivity contribution in [3.63, 3.8) is 0 Å². The summed E-state index contributed by atoms with van der Waals surface area (Å²) in [5, 5.41) is 0. The van der Waals surface area contributed by atoms with Gasteiger partial charge in [0.25, 0.3) is 0 Å². The molecule has 0 heterocycles. The molecule has 76 valence electrons. The highest BCUT2D eigenvalue weighted by molar-refractivity contribution is 5.88. The number of carbonyl (C=O) groups excluding carboxylic acids is 1. The van der Waals surface area contributed by atoms with Crippen LogP contribution in [0.5, 0.6) is 0 Å². The highest BCUT2D eigenvalue weighted by Crippen LogP contribution is 2.29. The molecule has 0 N–H and O–H groups in total. The van der Waals surface area contributed by atoms with Crippen LogP contribution in [-0.2, 0) is 14.3 Å². The minimum absolute atomic E-state index is 0.268. The molecule has 0 aromatic rings. The predicted octanol–water partition coefficient (Wildman–Crippen LogP) is 1.15. The normalized spacial score (nSPS) is 14.9. The molecule has 1 aliphatic carbocycles. The van der Waals surface area contributed by atoms with Crippen LogP contribution in [0, 0.1) is 17.8 Å². The molecule has 1 fully saturated rings. The van der Waals surface area contributed by atoms with E-state index < -0.39 is 5.97 Å². The quantitative estimate of drug-likeness (QED) is 0.221. The molecule has 0 amide bonds. The molecule has 0 aromatic carbocycles. The van der Waals surface area contributed by atoms with Gasteiger partial charge >= 0.3 is 5.97 Å². The third kappa shape index (κ3) is 5.39. The van der Waals surface area contributed by atoms with E-state index in [1.54, 1.807) is 0 Å². The zero-order valence-electron chi connectivity index (χ0n) is 8.29. The van der Waals surface area contributed by atoms with Crippen LogP contribution in [0.25, 0.3) is 0 Å². The number of allylic oxidation sites excluding steroid dienone is 1. The Morgan fingerprint density at radius 3 is 3.00 bits per heavy atom. The molecule has 0 unspecified atom stereocenters. The van der Waals surface area contributed by atoms with Gasteiger partial charge in [0, 0.05) is 5.92 Å². The van der Waals surface area contributed by atoms with Crippen molar-refractivity contribution in [3.8, 4) is 11.8 Å². The fourth-order valence-electron chi connectivity index (χ4n) is 0.874. The van der Waals surface area contributed by atoms with Crippen molar-refractivity contribution in [3.05, 3.63) is 12.2 Å².